The number of benzene rings is 1. The van der Waals surface area contributed by atoms with Gasteiger partial charge in [0.15, 0.2) is 0 Å². The summed E-state index contributed by atoms with van der Waals surface area (Å²) in [5, 5.41) is 19.2. The van der Waals surface area contributed by atoms with Crippen molar-refractivity contribution < 1.29 is 10.2 Å². The third-order valence-electron chi connectivity index (χ3n) is 2.43. The Bertz CT molecular complexity index is 300. The van der Waals surface area contributed by atoms with Crippen molar-refractivity contribution in [1.29, 1.82) is 0 Å². The van der Waals surface area contributed by atoms with Gasteiger partial charge in [-0.2, -0.15) is 0 Å². The molecular formula is C11H16BrNO2. The van der Waals surface area contributed by atoms with E-state index in [9.17, 15) is 10.2 Å². The molecule has 1 aromatic rings. The van der Waals surface area contributed by atoms with Crippen LogP contribution in [0.1, 0.15) is 11.7 Å². The maximum Gasteiger partial charge on any atom is 0.0967 e. The number of hydrogen-bond acceptors (Lipinski definition) is 3. The van der Waals surface area contributed by atoms with Gasteiger partial charge in [-0.05, 0) is 31.8 Å². The van der Waals surface area contributed by atoms with Gasteiger partial charge in [-0.3, -0.25) is 0 Å². The van der Waals surface area contributed by atoms with Gasteiger partial charge in [0.25, 0.3) is 0 Å². The van der Waals surface area contributed by atoms with Crippen molar-refractivity contribution in [1.82, 2.24) is 4.90 Å². The van der Waals surface area contributed by atoms with Gasteiger partial charge in [0.05, 0.1) is 18.8 Å². The SMILES string of the molecule is CN(C)C(CO)C(O)c1ccc(Br)cc1. The molecule has 15 heavy (non-hydrogen) atoms. The van der Waals surface area contributed by atoms with Crippen molar-refractivity contribution in [3.63, 3.8) is 0 Å². The fraction of sp³-hybridized carbons (Fsp3) is 0.455. The van der Waals surface area contributed by atoms with E-state index in [1.807, 2.05) is 43.3 Å². The highest BCUT2D eigenvalue weighted by Gasteiger charge is 2.21. The molecule has 0 fully saturated rings. The van der Waals surface area contributed by atoms with E-state index in [1.54, 1.807) is 0 Å². The average molecular weight is 274 g/mol. The Balaban J connectivity index is 2.82. The number of halogens is 1. The van der Waals surface area contributed by atoms with Crippen LogP contribution < -0.4 is 0 Å². The van der Waals surface area contributed by atoms with Crippen LogP contribution in [0.25, 0.3) is 0 Å². The molecule has 2 unspecified atom stereocenters. The van der Waals surface area contributed by atoms with Gasteiger partial charge < -0.3 is 15.1 Å². The molecule has 0 heterocycles. The smallest absolute Gasteiger partial charge is 0.0967 e. The van der Waals surface area contributed by atoms with Gasteiger partial charge >= 0.3 is 0 Å². The fourth-order valence-electron chi connectivity index (χ4n) is 1.43. The normalized spacial score (nSPS) is 15.3. The molecule has 0 spiro atoms. The summed E-state index contributed by atoms with van der Waals surface area (Å²) in [5.74, 6) is 0. The van der Waals surface area contributed by atoms with Crippen LogP contribution in [-0.2, 0) is 0 Å². The van der Waals surface area contributed by atoms with Crippen LogP contribution in [0.3, 0.4) is 0 Å². The Kier molecular flexibility index (Phi) is 4.73. The predicted molar refractivity (Wildman–Crippen MR) is 63.7 cm³/mol. The lowest BCUT2D eigenvalue weighted by atomic mass is 10.0. The van der Waals surface area contributed by atoms with Crippen molar-refractivity contribution in [2.24, 2.45) is 0 Å². The summed E-state index contributed by atoms with van der Waals surface area (Å²) < 4.78 is 0.976. The van der Waals surface area contributed by atoms with Gasteiger partial charge in [0.1, 0.15) is 0 Å². The second kappa shape index (κ2) is 5.61. The molecule has 0 aliphatic rings. The minimum absolute atomic E-state index is 0.0652. The van der Waals surface area contributed by atoms with Crippen LogP contribution in [0.5, 0.6) is 0 Å². The Morgan fingerprint density at radius 3 is 2.20 bits per heavy atom. The third-order valence-corrected chi connectivity index (χ3v) is 2.96. The summed E-state index contributed by atoms with van der Waals surface area (Å²) in [6, 6.07) is 7.18. The Hall–Kier alpha value is -0.420. The molecule has 0 aromatic heterocycles. The van der Waals surface area contributed by atoms with E-state index >= 15 is 0 Å². The molecule has 3 nitrogen and oxygen atoms in total. The number of nitrogens with zero attached hydrogens (tertiary/aromatic N) is 1. The fourth-order valence-corrected chi connectivity index (χ4v) is 1.69. The second-order valence-electron chi connectivity index (χ2n) is 3.71. The van der Waals surface area contributed by atoms with E-state index in [-0.39, 0.29) is 12.6 Å². The summed E-state index contributed by atoms with van der Waals surface area (Å²) in [7, 11) is 3.67. The summed E-state index contributed by atoms with van der Waals surface area (Å²) in [5.41, 5.74) is 0.811. The zero-order valence-corrected chi connectivity index (χ0v) is 10.5. The molecule has 0 aliphatic heterocycles. The van der Waals surface area contributed by atoms with Crippen LogP contribution in [0.2, 0.25) is 0 Å². The number of likely N-dealkylation sites (N-methyl/N-ethyl adjacent to an activating group) is 1. The Labute approximate surface area is 98.5 Å². The van der Waals surface area contributed by atoms with Gasteiger partial charge in [-0.25, -0.2) is 0 Å². The molecule has 84 valence electrons. The molecular weight excluding hydrogens is 258 g/mol. The number of aliphatic hydroxyl groups excluding tert-OH is 2. The Morgan fingerprint density at radius 2 is 1.80 bits per heavy atom. The van der Waals surface area contributed by atoms with E-state index in [2.05, 4.69) is 15.9 Å². The van der Waals surface area contributed by atoms with Gasteiger partial charge in [0.2, 0.25) is 0 Å². The molecule has 0 radical (unpaired) electrons. The highest BCUT2D eigenvalue weighted by molar-refractivity contribution is 9.10. The highest BCUT2D eigenvalue weighted by atomic mass is 79.9. The van der Waals surface area contributed by atoms with Crippen LogP contribution >= 0.6 is 15.9 Å². The van der Waals surface area contributed by atoms with E-state index < -0.39 is 6.10 Å². The number of rotatable bonds is 4. The van der Waals surface area contributed by atoms with Crippen molar-refractivity contribution >= 4 is 15.9 Å². The maximum atomic E-state index is 10.0. The highest BCUT2D eigenvalue weighted by Crippen LogP contribution is 2.21. The van der Waals surface area contributed by atoms with Crippen molar-refractivity contribution in [3.05, 3.63) is 34.3 Å². The Morgan fingerprint density at radius 1 is 1.27 bits per heavy atom. The molecule has 0 bridgehead atoms. The molecule has 0 aliphatic carbocycles. The van der Waals surface area contributed by atoms with Gasteiger partial charge in [-0.15, -0.1) is 0 Å². The quantitative estimate of drug-likeness (QED) is 0.872. The topological polar surface area (TPSA) is 43.7 Å². The molecule has 2 N–H and O–H groups in total. The van der Waals surface area contributed by atoms with E-state index in [0.29, 0.717) is 0 Å². The molecule has 0 saturated carbocycles. The average Bonchev–Trinajstić information content (AvgIpc) is 2.19. The molecule has 2 atom stereocenters. The lowest BCUT2D eigenvalue weighted by Gasteiger charge is -2.27. The first-order valence-electron chi connectivity index (χ1n) is 4.77. The first kappa shape index (κ1) is 12.6. The summed E-state index contributed by atoms with van der Waals surface area (Å²) in [6.45, 7) is -0.0652. The zero-order valence-electron chi connectivity index (χ0n) is 8.89. The predicted octanol–water partition coefficient (Wildman–Crippen LogP) is 1.40. The number of aliphatic hydroxyl groups is 2. The molecule has 1 aromatic carbocycles. The second-order valence-corrected chi connectivity index (χ2v) is 4.63. The largest absolute Gasteiger partial charge is 0.395 e. The maximum absolute atomic E-state index is 10.0. The van der Waals surface area contributed by atoms with Crippen LogP contribution in [0.4, 0.5) is 0 Å². The standard InChI is InChI=1S/C11H16BrNO2/c1-13(2)10(7-14)11(15)8-3-5-9(12)6-4-8/h3-6,10-11,14-15H,7H2,1-2H3. The molecule has 0 amide bonds. The van der Waals surface area contributed by atoms with Crippen LogP contribution in [-0.4, -0.2) is 41.9 Å². The third kappa shape index (κ3) is 3.28. The lowest BCUT2D eigenvalue weighted by molar-refractivity contribution is 0.0389. The summed E-state index contributed by atoms with van der Waals surface area (Å²) in [6.07, 6.45) is -0.668. The van der Waals surface area contributed by atoms with Crippen LogP contribution in [0, 0.1) is 0 Å². The van der Waals surface area contributed by atoms with Gasteiger partial charge in [-0.1, -0.05) is 28.1 Å². The molecule has 0 saturated heterocycles. The molecule has 4 heteroatoms. The van der Waals surface area contributed by atoms with E-state index in [0.717, 1.165) is 10.0 Å². The molecule has 1 rings (SSSR count). The van der Waals surface area contributed by atoms with Crippen molar-refractivity contribution in [2.45, 2.75) is 12.1 Å². The summed E-state index contributed by atoms with van der Waals surface area (Å²) in [4.78, 5) is 1.81. The summed E-state index contributed by atoms with van der Waals surface area (Å²) >= 11 is 3.34. The van der Waals surface area contributed by atoms with Gasteiger partial charge in [0, 0.05) is 4.47 Å². The minimum atomic E-state index is -0.668. The van der Waals surface area contributed by atoms with E-state index in [1.165, 1.54) is 0 Å². The first-order chi connectivity index (χ1) is 7.06. The van der Waals surface area contributed by atoms with E-state index in [4.69, 9.17) is 0 Å². The zero-order chi connectivity index (χ0) is 11.4. The lowest BCUT2D eigenvalue weighted by Crippen LogP contribution is -2.37. The first-order valence-corrected chi connectivity index (χ1v) is 5.56. The monoisotopic (exact) mass is 273 g/mol. The number of hydrogen-bond donors (Lipinski definition) is 2. The van der Waals surface area contributed by atoms with Crippen LogP contribution in [0.15, 0.2) is 28.7 Å². The van der Waals surface area contributed by atoms with Crippen molar-refractivity contribution in [2.75, 3.05) is 20.7 Å². The minimum Gasteiger partial charge on any atom is -0.395 e. The van der Waals surface area contributed by atoms with Crippen molar-refractivity contribution in [3.8, 4) is 0 Å².